The molecule has 2 N–H and O–H groups in total. The van der Waals surface area contributed by atoms with E-state index in [2.05, 4.69) is 22.5 Å². The van der Waals surface area contributed by atoms with Gasteiger partial charge in [0, 0.05) is 13.1 Å². The van der Waals surface area contributed by atoms with Gasteiger partial charge in [0.1, 0.15) is 0 Å². The molecule has 0 amide bonds. The second-order valence-electron chi connectivity index (χ2n) is 2.08. The number of nitrogens with zero attached hydrogens (tertiary/aromatic N) is 1. The summed E-state index contributed by atoms with van der Waals surface area (Å²) in [6, 6.07) is 0. The van der Waals surface area contributed by atoms with Gasteiger partial charge in [-0.05, 0) is 6.42 Å². The van der Waals surface area contributed by atoms with Crippen molar-refractivity contribution in [2.75, 3.05) is 19.6 Å². The predicted octanol–water partition coefficient (Wildman–Crippen LogP) is -0.0548. The van der Waals surface area contributed by atoms with E-state index in [0.29, 0.717) is 0 Å². The van der Waals surface area contributed by atoms with Crippen LogP contribution in [0.15, 0.2) is 4.99 Å². The Labute approximate surface area is 55.6 Å². The third-order valence-corrected chi connectivity index (χ3v) is 1.22. The van der Waals surface area contributed by atoms with Crippen molar-refractivity contribution in [2.24, 2.45) is 4.99 Å². The molecule has 0 saturated carbocycles. The number of hydrogen-bond donors (Lipinski definition) is 2. The smallest absolute Gasteiger partial charge is 0.191 e. The first-order valence-electron chi connectivity index (χ1n) is 3.45. The van der Waals surface area contributed by atoms with E-state index in [0.717, 1.165) is 32.0 Å². The average molecular weight is 127 g/mol. The molecule has 0 spiro atoms. The predicted molar refractivity (Wildman–Crippen MR) is 38.6 cm³/mol. The summed E-state index contributed by atoms with van der Waals surface area (Å²) in [7, 11) is 0. The van der Waals surface area contributed by atoms with Crippen LogP contribution in [0, 0.1) is 0 Å². The highest BCUT2D eigenvalue weighted by molar-refractivity contribution is 5.81. The Morgan fingerprint density at radius 3 is 3.22 bits per heavy atom. The second kappa shape index (κ2) is 3.33. The molecule has 0 radical (unpaired) electrons. The zero-order valence-corrected chi connectivity index (χ0v) is 5.78. The summed E-state index contributed by atoms with van der Waals surface area (Å²) < 4.78 is 0. The molecule has 1 rings (SSSR count). The van der Waals surface area contributed by atoms with Crippen molar-refractivity contribution in [1.29, 1.82) is 0 Å². The molecule has 0 aromatic heterocycles. The fourth-order valence-electron chi connectivity index (χ4n) is 0.760. The first-order chi connectivity index (χ1) is 4.43. The van der Waals surface area contributed by atoms with E-state index in [1.165, 1.54) is 0 Å². The molecular weight excluding hydrogens is 114 g/mol. The molecule has 52 valence electrons. The summed E-state index contributed by atoms with van der Waals surface area (Å²) in [5, 5.41) is 6.30. The summed E-state index contributed by atoms with van der Waals surface area (Å²) in [5.74, 6) is 0.969. The third-order valence-electron chi connectivity index (χ3n) is 1.22. The maximum Gasteiger partial charge on any atom is 0.191 e. The van der Waals surface area contributed by atoms with Crippen molar-refractivity contribution in [3.05, 3.63) is 0 Å². The number of rotatable bonds is 2. The molecule has 1 heterocycles. The molecular formula is C6H13N3. The van der Waals surface area contributed by atoms with Gasteiger partial charge in [0.2, 0.25) is 0 Å². The maximum absolute atomic E-state index is 4.17. The topological polar surface area (TPSA) is 36.4 Å². The lowest BCUT2D eigenvalue weighted by molar-refractivity contribution is 0.817. The Balaban J connectivity index is 2.11. The van der Waals surface area contributed by atoms with Gasteiger partial charge in [0.15, 0.2) is 5.96 Å². The lowest BCUT2D eigenvalue weighted by Gasteiger charge is -2.02. The van der Waals surface area contributed by atoms with Crippen LogP contribution in [-0.2, 0) is 0 Å². The molecule has 1 aliphatic heterocycles. The van der Waals surface area contributed by atoms with E-state index in [1.54, 1.807) is 0 Å². The Morgan fingerprint density at radius 1 is 1.78 bits per heavy atom. The molecule has 3 nitrogen and oxygen atoms in total. The normalized spacial score (nSPS) is 16.8. The van der Waals surface area contributed by atoms with Gasteiger partial charge in [-0.1, -0.05) is 6.92 Å². The van der Waals surface area contributed by atoms with Crippen molar-refractivity contribution in [3.63, 3.8) is 0 Å². The van der Waals surface area contributed by atoms with Gasteiger partial charge in [-0.2, -0.15) is 0 Å². The number of hydrogen-bond acceptors (Lipinski definition) is 3. The third kappa shape index (κ3) is 1.91. The van der Waals surface area contributed by atoms with Crippen LogP contribution in [0.2, 0.25) is 0 Å². The molecule has 0 unspecified atom stereocenters. The van der Waals surface area contributed by atoms with Crippen molar-refractivity contribution in [3.8, 4) is 0 Å². The lowest BCUT2D eigenvalue weighted by Crippen LogP contribution is -2.33. The lowest BCUT2D eigenvalue weighted by atomic mass is 10.5. The van der Waals surface area contributed by atoms with Crippen molar-refractivity contribution < 1.29 is 0 Å². The summed E-state index contributed by atoms with van der Waals surface area (Å²) in [6.45, 7) is 5.08. The Bertz CT molecular complexity index is 109. The average Bonchev–Trinajstić information content (AvgIpc) is 2.34. The van der Waals surface area contributed by atoms with Gasteiger partial charge in [-0.3, -0.25) is 4.99 Å². The molecule has 0 aromatic carbocycles. The van der Waals surface area contributed by atoms with Gasteiger partial charge in [0.25, 0.3) is 0 Å². The zero-order valence-electron chi connectivity index (χ0n) is 5.78. The summed E-state index contributed by atoms with van der Waals surface area (Å²) in [6.07, 6.45) is 1.15. The maximum atomic E-state index is 4.17. The van der Waals surface area contributed by atoms with Crippen molar-refractivity contribution in [2.45, 2.75) is 13.3 Å². The standard InChI is InChI=1S/C6H13N3/c1-2-3-7-6-8-4-5-9-6/h2-5H2,1H3,(H2,7,8,9). The van der Waals surface area contributed by atoms with E-state index < -0.39 is 0 Å². The molecule has 3 heteroatoms. The zero-order chi connectivity index (χ0) is 6.53. The van der Waals surface area contributed by atoms with Crippen LogP contribution in [0.1, 0.15) is 13.3 Å². The highest BCUT2D eigenvalue weighted by Gasteiger charge is 2.00. The highest BCUT2D eigenvalue weighted by atomic mass is 15.2. The largest absolute Gasteiger partial charge is 0.356 e. The minimum Gasteiger partial charge on any atom is -0.356 e. The second-order valence-corrected chi connectivity index (χ2v) is 2.08. The number of aliphatic imine (C=N–C) groups is 1. The Hall–Kier alpha value is -0.730. The minimum absolute atomic E-state index is 0.923. The molecule has 0 bridgehead atoms. The van der Waals surface area contributed by atoms with Gasteiger partial charge in [-0.25, -0.2) is 0 Å². The van der Waals surface area contributed by atoms with E-state index in [1.807, 2.05) is 0 Å². The van der Waals surface area contributed by atoms with Crippen LogP contribution in [0.4, 0.5) is 0 Å². The SMILES string of the molecule is CCCNC1=NCCN1. The fourth-order valence-corrected chi connectivity index (χ4v) is 0.760. The van der Waals surface area contributed by atoms with Gasteiger partial charge < -0.3 is 10.6 Å². The number of guanidine groups is 1. The van der Waals surface area contributed by atoms with Crippen LogP contribution < -0.4 is 10.6 Å². The van der Waals surface area contributed by atoms with Gasteiger partial charge in [0.05, 0.1) is 6.54 Å². The first kappa shape index (κ1) is 6.39. The molecule has 0 aromatic rings. The van der Waals surface area contributed by atoms with Crippen LogP contribution >= 0.6 is 0 Å². The summed E-state index contributed by atoms with van der Waals surface area (Å²) >= 11 is 0. The van der Waals surface area contributed by atoms with E-state index in [9.17, 15) is 0 Å². The highest BCUT2D eigenvalue weighted by Crippen LogP contribution is 1.80. The summed E-state index contributed by atoms with van der Waals surface area (Å²) in [5.41, 5.74) is 0. The fraction of sp³-hybridized carbons (Fsp3) is 0.833. The van der Waals surface area contributed by atoms with Crippen molar-refractivity contribution in [1.82, 2.24) is 10.6 Å². The minimum atomic E-state index is 0.923. The first-order valence-corrected chi connectivity index (χ1v) is 3.45. The molecule has 0 aliphatic carbocycles. The molecule has 1 aliphatic rings. The molecule has 0 atom stereocenters. The van der Waals surface area contributed by atoms with E-state index in [-0.39, 0.29) is 0 Å². The quantitative estimate of drug-likeness (QED) is 0.545. The number of nitrogens with one attached hydrogen (secondary N) is 2. The summed E-state index contributed by atoms with van der Waals surface area (Å²) in [4.78, 5) is 4.17. The van der Waals surface area contributed by atoms with Crippen LogP contribution in [0.5, 0.6) is 0 Å². The van der Waals surface area contributed by atoms with Crippen LogP contribution in [-0.4, -0.2) is 25.6 Å². The molecule has 0 fully saturated rings. The van der Waals surface area contributed by atoms with Gasteiger partial charge in [-0.15, -0.1) is 0 Å². The van der Waals surface area contributed by atoms with Crippen LogP contribution in [0.3, 0.4) is 0 Å². The molecule has 0 saturated heterocycles. The Kier molecular flexibility index (Phi) is 2.36. The van der Waals surface area contributed by atoms with Gasteiger partial charge >= 0.3 is 0 Å². The van der Waals surface area contributed by atoms with Crippen LogP contribution in [0.25, 0.3) is 0 Å². The Morgan fingerprint density at radius 2 is 2.67 bits per heavy atom. The van der Waals surface area contributed by atoms with E-state index in [4.69, 9.17) is 0 Å². The van der Waals surface area contributed by atoms with E-state index >= 15 is 0 Å². The molecule has 9 heavy (non-hydrogen) atoms. The monoisotopic (exact) mass is 127 g/mol. The van der Waals surface area contributed by atoms with Crippen molar-refractivity contribution >= 4 is 5.96 Å².